The van der Waals surface area contributed by atoms with Crippen molar-refractivity contribution in [1.29, 1.82) is 0 Å². The number of nitrogens with zero attached hydrogens (tertiary/aromatic N) is 3. The highest BCUT2D eigenvalue weighted by molar-refractivity contribution is 8.13. The molecule has 2 heterocycles. The summed E-state index contributed by atoms with van der Waals surface area (Å²) >= 11 is 1.58. The summed E-state index contributed by atoms with van der Waals surface area (Å²) in [5.41, 5.74) is 0.996. The number of halogens is 1. The lowest BCUT2D eigenvalue weighted by atomic mass is 10.4. The van der Waals surface area contributed by atoms with Crippen molar-refractivity contribution in [1.82, 2.24) is 14.5 Å². The van der Waals surface area contributed by atoms with Gasteiger partial charge in [-0.15, -0.1) is 11.3 Å². The zero-order chi connectivity index (χ0) is 12.6. The third-order valence-electron chi connectivity index (χ3n) is 2.25. The number of thiazole rings is 1. The average Bonchev–Trinajstić information content (AvgIpc) is 2.75. The maximum atomic E-state index is 11.0. The third kappa shape index (κ3) is 2.85. The zero-order valence-corrected chi connectivity index (χ0v) is 11.6. The first-order valence-corrected chi connectivity index (χ1v) is 7.88. The third-order valence-corrected chi connectivity index (χ3v) is 4.49. The van der Waals surface area contributed by atoms with E-state index >= 15 is 0 Å². The molecule has 8 heteroatoms. The van der Waals surface area contributed by atoms with Crippen LogP contribution in [0.1, 0.15) is 15.6 Å². The lowest BCUT2D eigenvalue weighted by Crippen LogP contribution is -1.96. The van der Waals surface area contributed by atoms with Crippen LogP contribution in [0.25, 0.3) is 0 Å². The predicted octanol–water partition coefficient (Wildman–Crippen LogP) is 1.93. The van der Waals surface area contributed by atoms with Gasteiger partial charge in [0.25, 0.3) is 9.05 Å². The van der Waals surface area contributed by atoms with Crippen LogP contribution in [-0.4, -0.2) is 23.0 Å². The SMILES string of the molecule is Cc1nc(Cn2cnc(S(=O)(=O)Cl)c2)sc1C. The Labute approximate surface area is 108 Å². The second kappa shape index (κ2) is 4.40. The van der Waals surface area contributed by atoms with Gasteiger partial charge < -0.3 is 4.57 Å². The molecule has 0 radical (unpaired) electrons. The molecule has 0 fully saturated rings. The Kier molecular flexibility index (Phi) is 3.24. The number of hydrogen-bond acceptors (Lipinski definition) is 5. The van der Waals surface area contributed by atoms with E-state index < -0.39 is 9.05 Å². The van der Waals surface area contributed by atoms with E-state index in [1.165, 1.54) is 12.5 Å². The van der Waals surface area contributed by atoms with Crippen LogP contribution in [0.4, 0.5) is 0 Å². The van der Waals surface area contributed by atoms with E-state index in [4.69, 9.17) is 10.7 Å². The summed E-state index contributed by atoms with van der Waals surface area (Å²) in [6, 6.07) is 0. The van der Waals surface area contributed by atoms with Gasteiger partial charge in [0.1, 0.15) is 5.01 Å². The Balaban J connectivity index is 2.23. The number of aromatic nitrogens is 3. The normalized spacial score (nSPS) is 11.9. The highest BCUT2D eigenvalue weighted by atomic mass is 35.7. The van der Waals surface area contributed by atoms with Gasteiger partial charge in [0.2, 0.25) is 0 Å². The molecule has 0 aliphatic rings. The fourth-order valence-electron chi connectivity index (χ4n) is 1.31. The maximum Gasteiger partial charge on any atom is 0.280 e. The van der Waals surface area contributed by atoms with Crippen molar-refractivity contribution in [3.8, 4) is 0 Å². The van der Waals surface area contributed by atoms with Gasteiger partial charge in [0, 0.05) is 21.8 Å². The van der Waals surface area contributed by atoms with Crippen molar-refractivity contribution >= 4 is 31.1 Å². The minimum atomic E-state index is -3.75. The molecule has 17 heavy (non-hydrogen) atoms. The van der Waals surface area contributed by atoms with Crippen LogP contribution in [0.2, 0.25) is 0 Å². The molecular weight excluding hydrogens is 282 g/mol. The lowest BCUT2D eigenvalue weighted by Gasteiger charge is -1.96. The van der Waals surface area contributed by atoms with Crippen LogP contribution >= 0.6 is 22.0 Å². The molecular formula is C9H10ClN3O2S2. The fraction of sp³-hybridized carbons (Fsp3) is 0.333. The quantitative estimate of drug-likeness (QED) is 0.811. The molecule has 2 rings (SSSR count). The second-order valence-corrected chi connectivity index (χ2v) is 7.37. The van der Waals surface area contributed by atoms with Gasteiger partial charge >= 0.3 is 0 Å². The summed E-state index contributed by atoms with van der Waals surface area (Å²) in [6.45, 7) is 4.44. The van der Waals surface area contributed by atoms with Crippen molar-refractivity contribution in [3.05, 3.63) is 28.1 Å². The largest absolute Gasteiger partial charge is 0.329 e. The van der Waals surface area contributed by atoms with Crippen molar-refractivity contribution in [2.45, 2.75) is 25.4 Å². The summed E-state index contributed by atoms with van der Waals surface area (Å²) < 4.78 is 23.7. The van der Waals surface area contributed by atoms with Crippen molar-refractivity contribution in [2.75, 3.05) is 0 Å². The van der Waals surface area contributed by atoms with E-state index in [-0.39, 0.29) is 5.03 Å². The Bertz CT molecular complexity index is 626. The maximum absolute atomic E-state index is 11.0. The molecule has 2 aromatic rings. The highest BCUT2D eigenvalue weighted by Gasteiger charge is 2.14. The molecule has 0 saturated heterocycles. The fourth-order valence-corrected chi connectivity index (χ4v) is 2.93. The standard InChI is InChI=1S/C9H10ClN3O2S2/c1-6-7(2)16-8(12-6)3-13-4-9(11-5-13)17(10,14)15/h4-5H,3H2,1-2H3. The van der Waals surface area contributed by atoms with E-state index in [9.17, 15) is 8.42 Å². The Hall–Kier alpha value is -0.920. The van der Waals surface area contributed by atoms with Crippen molar-refractivity contribution in [3.63, 3.8) is 0 Å². The van der Waals surface area contributed by atoms with E-state index in [1.807, 2.05) is 13.8 Å². The summed E-state index contributed by atoms with van der Waals surface area (Å²) in [5, 5.41) is 0.778. The van der Waals surface area contributed by atoms with Gasteiger partial charge in [-0.1, -0.05) is 0 Å². The molecule has 5 nitrogen and oxygen atoms in total. The molecule has 0 aliphatic carbocycles. The first kappa shape index (κ1) is 12.5. The lowest BCUT2D eigenvalue weighted by molar-refractivity contribution is 0.606. The van der Waals surface area contributed by atoms with Gasteiger partial charge in [0.15, 0.2) is 5.03 Å². The van der Waals surface area contributed by atoms with Crippen LogP contribution in [0.15, 0.2) is 17.6 Å². The molecule has 0 unspecified atom stereocenters. The number of aryl methyl sites for hydroxylation is 2. The highest BCUT2D eigenvalue weighted by Crippen LogP contribution is 2.18. The topological polar surface area (TPSA) is 64.8 Å². The minimum absolute atomic E-state index is 0.135. The van der Waals surface area contributed by atoms with Crippen LogP contribution in [0.5, 0.6) is 0 Å². The summed E-state index contributed by atoms with van der Waals surface area (Å²) in [5.74, 6) is 0. The van der Waals surface area contributed by atoms with Gasteiger partial charge in [-0.2, -0.15) is 0 Å². The number of rotatable bonds is 3. The predicted molar refractivity (Wildman–Crippen MR) is 66.0 cm³/mol. The smallest absolute Gasteiger partial charge is 0.280 e. The molecule has 92 valence electrons. The number of imidazole rings is 1. The van der Waals surface area contributed by atoms with E-state index in [1.54, 1.807) is 15.9 Å². The molecule has 2 aromatic heterocycles. The van der Waals surface area contributed by atoms with Crippen LogP contribution in [0, 0.1) is 13.8 Å². The van der Waals surface area contributed by atoms with Gasteiger partial charge in [-0.05, 0) is 13.8 Å². The monoisotopic (exact) mass is 291 g/mol. The summed E-state index contributed by atoms with van der Waals surface area (Å²) in [7, 11) is 1.43. The van der Waals surface area contributed by atoms with Crippen LogP contribution < -0.4 is 0 Å². The Morgan fingerprint density at radius 1 is 1.47 bits per heavy atom. The molecule has 0 spiro atoms. The summed E-state index contributed by atoms with van der Waals surface area (Å²) in [4.78, 5) is 9.25. The van der Waals surface area contributed by atoms with Crippen molar-refractivity contribution in [2.24, 2.45) is 0 Å². The second-order valence-electron chi connectivity index (χ2n) is 3.57. The number of hydrogen-bond donors (Lipinski definition) is 0. The van der Waals surface area contributed by atoms with Gasteiger partial charge in [-0.25, -0.2) is 18.4 Å². The van der Waals surface area contributed by atoms with E-state index in [0.29, 0.717) is 6.54 Å². The van der Waals surface area contributed by atoms with E-state index in [2.05, 4.69) is 9.97 Å². The van der Waals surface area contributed by atoms with Gasteiger partial charge in [0.05, 0.1) is 18.6 Å². The Morgan fingerprint density at radius 2 is 2.18 bits per heavy atom. The molecule has 0 N–H and O–H groups in total. The summed E-state index contributed by atoms with van der Waals surface area (Å²) in [6.07, 6.45) is 2.83. The molecule has 0 bridgehead atoms. The molecule has 0 atom stereocenters. The minimum Gasteiger partial charge on any atom is -0.329 e. The molecule has 0 saturated carbocycles. The van der Waals surface area contributed by atoms with E-state index in [0.717, 1.165) is 15.6 Å². The van der Waals surface area contributed by atoms with Crippen molar-refractivity contribution < 1.29 is 8.42 Å². The molecule has 0 aliphatic heterocycles. The average molecular weight is 292 g/mol. The molecule has 0 amide bonds. The van der Waals surface area contributed by atoms with Crippen LogP contribution in [0.3, 0.4) is 0 Å². The first-order valence-electron chi connectivity index (χ1n) is 4.75. The van der Waals surface area contributed by atoms with Gasteiger partial charge in [-0.3, -0.25) is 0 Å². The Morgan fingerprint density at radius 3 is 2.65 bits per heavy atom. The molecule has 0 aromatic carbocycles. The van der Waals surface area contributed by atoms with Crippen LogP contribution in [-0.2, 0) is 15.6 Å². The zero-order valence-electron chi connectivity index (χ0n) is 9.21. The first-order chi connectivity index (χ1) is 7.86.